The minimum atomic E-state index is -0.245. The molecule has 2 aromatic carbocycles. The summed E-state index contributed by atoms with van der Waals surface area (Å²) in [6.07, 6.45) is 3.25. The van der Waals surface area contributed by atoms with Gasteiger partial charge in [-0.3, -0.25) is 14.3 Å². The van der Waals surface area contributed by atoms with E-state index in [9.17, 15) is 9.59 Å². The summed E-state index contributed by atoms with van der Waals surface area (Å²) in [6, 6.07) is 16.8. The number of carbonyl (C=O) groups is 2. The molecule has 1 heterocycles. The van der Waals surface area contributed by atoms with E-state index in [0.29, 0.717) is 23.5 Å². The van der Waals surface area contributed by atoms with E-state index in [4.69, 9.17) is 4.74 Å². The van der Waals surface area contributed by atoms with E-state index >= 15 is 0 Å². The second kappa shape index (κ2) is 8.77. The highest BCUT2D eigenvalue weighted by Gasteiger charge is 2.10. The third-order valence-corrected chi connectivity index (χ3v) is 3.78. The van der Waals surface area contributed by atoms with E-state index in [1.807, 2.05) is 30.3 Å². The number of anilines is 2. The highest BCUT2D eigenvalue weighted by molar-refractivity contribution is 6.04. The molecule has 0 spiro atoms. The van der Waals surface area contributed by atoms with Gasteiger partial charge in [0, 0.05) is 24.7 Å². The SMILES string of the molecule is COCC(=O)Nc1ccc(NC(=O)c2cnn(Cc3ccccc3)c2)cc1. The van der Waals surface area contributed by atoms with Crippen LogP contribution in [0.15, 0.2) is 67.0 Å². The topological polar surface area (TPSA) is 85.2 Å². The van der Waals surface area contributed by atoms with Crippen molar-refractivity contribution in [1.29, 1.82) is 0 Å². The molecule has 3 aromatic rings. The quantitative estimate of drug-likeness (QED) is 0.675. The molecule has 0 saturated carbocycles. The van der Waals surface area contributed by atoms with Crippen molar-refractivity contribution < 1.29 is 14.3 Å². The number of hydrogen-bond donors (Lipinski definition) is 2. The van der Waals surface area contributed by atoms with Crippen LogP contribution in [0.3, 0.4) is 0 Å². The van der Waals surface area contributed by atoms with Crippen molar-refractivity contribution in [2.45, 2.75) is 6.54 Å². The van der Waals surface area contributed by atoms with Crippen LogP contribution in [0.25, 0.3) is 0 Å². The molecule has 0 unspecified atom stereocenters. The van der Waals surface area contributed by atoms with E-state index < -0.39 is 0 Å². The minimum absolute atomic E-state index is 0.00847. The Morgan fingerprint density at radius 2 is 1.67 bits per heavy atom. The van der Waals surface area contributed by atoms with Gasteiger partial charge in [-0.25, -0.2) is 0 Å². The van der Waals surface area contributed by atoms with Gasteiger partial charge in [0.2, 0.25) is 5.91 Å². The first-order valence-electron chi connectivity index (χ1n) is 8.40. The Labute approximate surface area is 157 Å². The first-order valence-corrected chi connectivity index (χ1v) is 8.40. The maximum Gasteiger partial charge on any atom is 0.258 e. The number of amides is 2. The van der Waals surface area contributed by atoms with Crippen LogP contribution in [0.5, 0.6) is 0 Å². The zero-order valence-electron chi connectivity index (χ0n) is 14.9. The highest BCUT2D eigenvalue weighted by atomic mass is 16.5. The van der Waals surface area contributed by atoms with Crippen molar-refractivity contribution in [2.75, 3.05) is 24.4 Å². The van der Waals surface area contributed by atoms with Crippen LogP contribution < -0.4 is 10.6 Å². The normalized spacial score (nSPS) is 10.4. The van der Waals surface area contributed by atoms with Gasteiger partial charge < -0.3 is 15.4 Å². The van der Waals surface area contributed by atoms with E-state index in [0.717, 1.165) is 5.56 Å². The minimum Gasteiger partial charge on any atom is -0.375 e. The molecular weight excluding hydrogens is 344 g/mol. The third-order valence-electron chi connectivity index (χ3n) is 3.78. The maximum atomic E-state index is 12.4. The monoisotopic (exact) mass is 364 g/mol. The Balaban J connectivity index is 1.58. The van der Waals surface area contributed by atoms with Gasteiger partial charge in [0.1, 0.15) is 6.61 Å². The predicted octanol–water partition coefficient (Wildman–Crippen LogP) is 2.77. The summed E-state index contributed by atoms with van der Waals surface area (Å²) in [5.41, 5.74) is 2.84. The van der Waals surface area contributed by atoms with Crippen molar-refractivity contribution in [3.05, 3.63) is 78.1 Å². The van der Waals surface area contributed by atoms with Crippen molar-refractivity contribution in [2.24, 2.45) is 0 Å². The van der Waals surface area contributed by atoms with Gasteiger partial charge in [-0.05, 0) is 29.8 Å². The van der Waals surface area contributed by atoms with Crippen LogP contribution in [0.1, 0.15) is 15.9 Å². The summed E-state index contributed by atoms with van der Waals surface area (Å²) >= 11 is 0. The van der Waals surface area contributed by atoms with Crippen LogP contribution in [0.4, 0.5) is 11.4 Å². The lowest BCUT2D eigenvalue weighted by Gasteiger charge is -2.07. The number of methoxy groups -OCH3 is 1. The number of rotatable bonds is 7. The van der Waals surface area contributed by atoms with Gasteiger partial charge in [0.15, 0.2) is 0 Å². The second-order valence-corrected chi connectivity index (χ2v) is 5.92. The lowest BCUT2D eigenvalue weighted by atomic mass is 10.2. The second-order valence-electron chi connectivity index (χ2n) is 5.92. The molecule has 0 bridgehead atoms. The van der Waals surface area contributed by atoms with Crippen molar-refractivity contribution >= 4 is 23.2 Å². The van der Waals surface area contributed by atoms with Gasteiger partial charge in [0.25, 0.3) is 5.91 Å². The molecule has 0 aliphatic heterocycles. The van der Waals surface area contributed by atoms with Gasteiger partial charge in [0.05, 0.1) is 18.3 Å². The molecular formula is C20H20N4O3. The lowest BCUT2D eigenvalue weighted by molar-refractivity contribution is -0.119. The summed E-state index contributed by atoms with van der Waals surface area (Å²) in [7, 11) is 1.46. The molecule has 7 heteroatoms. The largest absolute Gasteiger partial charge is 0.375 e. The molecule has 7 nitrogen and oxygen atoms in total. The highest BCUT2D eigenvalue weighted by Crippen LogP contribution is 2.15. The molecule has 3 rings (SSSR count). The van der Waals surface area contributed by atoms with Crippen LogP contribution in [0, 0.1) is 0 Å². The summed E-state index contributed by atoms with van der Waals surface area (Å²) in [5, 5.41) is 9.74. The average Bonchev–Trinajstić information content (AvgIpc) is 3.13. The lowest BCUT2D eigenvalue weighted by Crippen LogP contribution is -2.17. The molecule has 138 valence electrons. The van der Waals surface area contributed by atoms with Crippen LogP contribution >= 0.6 is 0 Å². The third kappa shape index (κ3) is 5.26. The van der Waals surface area contributed by atoms with Gasteiger partial charge in [-0.1, -0.05) is 30.3 Å². The standard InChI is InChI=1S/C20H20N4O3/c1-27-14-19(25)22-17-7-9-18(10-8-17)23-20(26)16-11-21-24(13-16)12-15-5-3-2-4-6-15/h2-11,13H,12,14H2,1H3,(H,22,25)(H,23,26). The van der Waals surface area contributed by atoms with E-state index in [2.05, 4.69) is 15.7 Å². The summed E-state index contributed by atoms with van der Waals surface area (Å²) < 4.78 is 6.48. The fourth-order valence-electron chi connectivity index (χ4n) is 2.51. The van der Waals surface area contributed by atoms with Crippen LogP contribution in [-0.2, 0) is 16.1 Å². The zero-order valence-corrected chi connectivity index (χ0v) is 14.9. The molecule has 0 fully saturated rings. The molecule has 1 aromatic heterocycles. The number of carbonyl (C=O) groups excluding carboxylic acids is 2. The van der Waals surface area contributed by atoms with Gasteiger partial charge >= 0.3 is 0 Å². The zero-order chi connectivity index (χ0) is 19.1. The van der Waals surface area contributed by atoms with Crippen molar-refractivity contribution in [3.63, 3.8) is 0 Å². The van der Waals surface area contributed by atoms with E-state index in [1.165, 1.54) is 13.3 Å². The molecule has 2 N–H and O–H groups in total. The summed E-state index contributed by atoms with van der Waals surface area (Å²) in [4.78, 5) is 23.9. The smallest absolute Gasteiger partial charge is 0.258 e. The number of nitrogens with zero attached hydrogens (tertiary/aromatic N) is 2. The summed E-state index contributed by atoms with van der Waals surface area (Å²) in [5.74, 6) is -0.481. The average molecular weight is 364 g/mol. The maximum absolute atomic E-state index is 12.4. The Hall–Kier alpha value is -3.45. The molecule has 0 radical (unpaired) electrons. The van der Waals surface area contributed by atoms with Crippen LogP contribution in [0.2, 0.25) is 0 Å². The van der Waals surface area contributed by atoms with Gasteiger partial charge in [-0.2, -0.15) is 5.10 Å². The molecule has 0 aliphatic rings. The van der Waals surface area contributed by atoms with Crippen molar-refractivity contribution in [1.82, 2.24) is 9.78 Å². The number of benzene rings is 2. The number of ether oxygens (including phenoxy) is 1. The number of hydrogen-bond acceptors (Lipinski definition) is 4. The molecule has 2 amide bonds. The Morgan fingerprint density at radius 1 is 1.00 bits per heavy atom. The molecule has 0 aliphatic carbocycles. The predicted molar refractivity (Wildman–Crippen MR) is 103 cm³/mol. The fourth-order valence-corrected chi connectivity index (χ4v) is 2.51. The first kappa shape index (κ1) is 18.3. The fraction of sp³-hybridized carbons (Fsp3) is 0.150. The summed E-state index contributed by atoms with van der Waals surface area (Å²) in [6.45, 7) is 0.593. The Morgan fingerprint density at radius 3 is 2.33 bits per heavy atom. The molecule has 0 atom stereocenters. The van der Waals surface area contributed by atoms with Crippen molar-refractivity contribution in [3.8, 4) is 0 Å². The number of nitrogens with one attached hydrogen (secondary N) is 2. The van der Waals surface area contributed by atoms with Crippen LogP contribution in [-0.4, -0.2) is 35.3 Å². The Bertz CT molecular complexity index is 904. The first-order chi connectivity index (χ1) is 13.1. The Kier molecular flexibility index (Phi) is 5.96. The molecule has 27 heavy (non-hydrogen) atoms. The van der Waals surface area contributed by atoms with Gasteiger partial charge in [-0.15, -0.1) is 0 Å². The van der Waals surface area contributed by atoms with E-state index in [-0.39, 0.29) is 18.4 Å². The molecule has 0 saturated heterocycles. The number of aromatic nitrogens is 2. The van der Waals surface area contributed by atoms with E-state index in [1.54, 1.807) is 35.1 Å².